The fourth-order valence-corrected chi connectivity index (χ4v) is 7.16. The van der Waals surface area contributed by atoms with E-state index in [4.69, 9.17) is 13.9 Å². The molecule has 12 heteroatoms. The van der Waals surface area contributed by atoms with Crippen LogP contribution in [0.5, 0.6) is 17.2 Å². The van der Waals surface area contributed by atoms with Crippen LogP contribution < -0.4 is 10.2 Å². The highest BCUT2D eigenvalue weighted by molar-refractivity contribution is 5.92. The summed E-state index contributed by atoms with van der Waals surface area (Å²) in [5.74, 6) is -0.0630. The van der Waals surface area contributed by atoms with Gasteiger partial charge in [0.2, 0.25) is 11.7 Å². The van der Waals surface area contributed by atoms with Crippen LogP contribution in [0.1, 0.15) is 63.5 Å². The van der Waals surface area contributed by atoms with E-state index in [0.717, 1.165) is 51.6 Å². The smallest absolute Gasteiger partial charge is 0.229 e. The number of phenols is 2. The predicted octanol–water partition coefficient (Wildman–Crippen LogP) is 2.80. The van der Waals surface area contributed by atoms with Crippen LogP contribution in [-0.4, -0.2) is 103 Å². The Balaban J connectivity index is 1.36. The van der Waals surface area contributed by atoms with Gasteiger partial charge in [0.1, 0.15) is 58.9 Å². The van der Waals surface area contributed by atoms with E-state index >= 15 is 0 Å². The van der Waals surface area contributed by atoms with Gasteiger partial charge < -0.3 is 44.5 Å². The van der Waals surface area contributed by atoms with Crippen LogP contribution in [0.4, 0.5) is 0 Å². The van der Waals surface area contributed by atoms with Crippen LogP contribution in [0, 0.1) is 0 Å². The quantitative estimate of drug-likeness (QED) is 0.210. The normalized spacial score (nSPS) is 29.3. The number of hydrogen-bond acceptors (Lipinski definition) is 12. The summed E-state index contributed by atoms with van der Waals surface area (Å²) in [7, 11) is 0. The monoisotopic (exact) mass is 654 g/mol. The van der Waals surface area contributed by atoms with Crippen LogP contribution in [0.15, 0.2) is 39.7 Å². The van der Waals surface area contributed by atoms with Gasteiger partial charge >= 0.3 is 0 Å². The summed E-state index contributed by atoms with van der Waals surface area (Å²) in [4.78, 5) is 18.7. The Labute approximate surface area is 273 Å². The van der Waals surface area contributed by atoms with Crippen molar-refractivity contribution in [2.45, 2.75) is 108 Å². The molecule has 12 nitrogen and oxygen atoms in total. The van der Waals surface area contributed by atoms with Gasteiger partial charge in [-0.1, -0.05) is 25.0 Å². The number of aromatic hydroxyl groups is 2. The highest BCUT2D eigenvalue weighted by Gasteiger charge is 2.44. The van der Waals surface area contributed by atoms with Crippen LogP contribution >= 0.6 is 0 Å². The first-order valence-corrected chi connectivity index (χ1v) is 16.7. The van der Waals surface area contributed by atoms with E-state index in [1.807, 2.05) is 0 Å². The molecule has 3 fully saturated rings. The molecule has 0 unspecified atom stereocenters. The molecule has 47 heavy (non-hydrogen) atoms. The molecule has 4 heterocycles. The number of aliphatic hydroxyl groups excluding tert-OH is 4. The average Bonchev–Trinajstić information content (AvgIpc) is 3.07. The number of fused-ring (bicyclic) bond motifs is 1. The van der Waals surface area contributed by atoms with Crippen molar-refractivity contribution in [2.24, 2.45) is 0 Å². The lowest BCUT2D eigenvalue weighted by molar-refractivity contribution is -0.277. The minimum Gasteiger partial charge on any atom is -0.507 e. The van der Waals surface area contributed by atoms with E-state index in [-0.39, 0.29) is 39.8 Å². The summed E-state index contributed by atoms with van der Waals surface area (Å²) >= 11 is 0. The average molecular weight is 655 g/mol. The van der Waals surface area contributed by atoms with Crippen molar-refractivity contribution < 1.29 is 44.5 Å². The molecule has 6 N–H and O–H groups in total. The lowest BCUT2D eigenvalue weighted by atomic mass is 9.96. The van der Waals surface area contributed by atoms with E-state index in [9.17, 15) is 35.4 Å². The lowest BCUT2D eigenvalue weighted by Gasteiger charge is -2.39. The standard InChI is InChI=1S/C35H46N2O10/c1-19-7-3-5-13-36(19)15-23-28(39)24(16-37-14-6-4-8-20(37)2)34-27(29(23)40)30(41)25(18-45-34)21-9-11-22(12-10-21)46-35-33(44)32(43)31(42)26(17-38)47-35/h9-12,18-20,26,31-33,35,38-40,42-44H,3-8,13-17H2,1-2H3/t19-,20-,26-,31-,32+,33-,35-/m1/s1. The van der Waals surface area contributed by atoms with Crippen LogP contribution in [-0.2, 0) is 17.8 Å². The summed E-state index contributed by atoms with van der Waals surface area (Å²) in [6.45, 7) is 6.12. The predicted molar refractivity (Wildman–Crippen MR) is 173 cm³/mol. The molecule has 0 aliphatic carbocycles. The van der Waals surface area contributed by atoms with Crippen molar-refractivity contribution in [3.05, 3.63) is 51.9 Å². The van der Waals surface area contributed by atoms with Crippen molar-refractivity contribution in [1.82, 2.24) is 9.80 Å². The number of aliphatic hydroxyl groups is 4. The van der Waals surface area contributed by atoms with Gasteiger partial charge in [-0.15, -0.1) is 0 Å². The third kappa shape index (κ3) is 6.60. The molecule has 3 aliphatic heterocycles. The fraction of sp³-hybridized carbons (Fsp3) is 0.571. The third-order valence-electron chi connectivity index (χ3n) is 10.2. The van der Waals surface area contributed by atoms with Gasteiger partial charge in [0.25, 0.3) is 0 Å². The van der Waals surface area contributed by atoms with Crippen molar-refractivity contribution in [1.29, 1.82) is 0 Å². The molecule has 3 aromatic rings. The molecule has 6 rings (SSSR count). The lowest BCUT2D eigenvalue weighted by Crippen LogP contribution is -2.60. The molecular weight excluding hydrogens is 608 g/mol. The zero-order valence-electron chi connectivity index (χ0n) is 26.9. The SMILES string of the molecule is C[C@@H]1CCCCN1Cc1c(O)c(CN2CCCC[C@H]2C)c2occ(-c3ccc(O[C@@H]4O[C@H](CO)[C@@H](O)[C@H](O)[C@H]4O)cc3)c(=O)c2c1O. The Bertz CT molecular complexity index is 1610. The summed E-state index contributed by atoms with van der Waals surface area (Å²) in [5, 5.41) is 63.3. The maximum Gasteiger partial charge on any atom is 0.229 e. The number of nitrogens with zero attached hydrogens (tertiary/aromatic N) is 2. The van der Waals surface area contributed by atoms with Crippen LogP contribution in [0.3, 0.4) is 0 Å². The van der Waals surface area contributed by atoms with Crippen LogP contribution in [0.2, 0.25) is 0 Å². The summed E-state index contributed by atoms with van der Waals surface area (Å²) in [6, 6.07) is 6.89. The number of likely N-dealkylation sites (tertiary alicyclic amines) is 2. The molecule has 7 atom stereocenters. The first-order valence-electron chi connectivity index (χ1n) is 16.7. The highest BCUT2D eigenvalue weighted by atomic mass is 16.7. The Kier molecular flexibility index (Phi) is 10.1. The van der Waals surface area contributed by atoms with Gasteiger partial charge in [0, 0.05) is 25.2 Å². The van der Waals surface area contributed by atoms with Crippen LogP contribution in [0.25, 0.3) is 22.1 Å². The number of ether oxygens (including phenoxy) is 2. The first kappa shape index (κ1) is 33.7. The molecule has 2 aromatic carbocycles. The van der Waals surface area contributed by atoms with E-state index in [0.29, 0.717) is 35.8 Å². The van der Waals surface area contributed by atoms with Gasteiger partial charge in [-0.25, -0.2) is 0 Å². The minimum atomic E-state index is -1.58. The molecule has 1 aromatic heterocycles. The molecule has 0 amide bonds. The van der Waals surface area contributed by atoms with Gasteiger partial charge in [-0.05, 0) is 70.3 Å². The van der Waals surface area contributed by atoms with Crippen molar-refractivity contribution in [3.63, 3.8) is 0 Å². The number of hydrogen-bond donors (Lipinski definition) is 6. The fourth-order valence-electron chi connectivity index (χ4n) is 7.16. The number of rotatable bonds is 8. The zero-order valence-corrected chi connectivity index (χ0v) is 26.9. The number of phenolic OH excluding ortho intramolecular Hbond substituents is 2. The Hall–Kier alpha value is -3.23. The first-order chi connectivity index (χ1) is 22.6. The molecule has 3 aliphatic rings. The molecular formula is C35H46N2O10. The maximum atomic E-state index is 14.2. The Morgan fingerprint density at radius 3 is 2.04 bits per heavy atom. The second-order valence-electron chi connectivity index (χ2n) is 13.3. The summed E-state index contributed by atoms with van der Waals surface area (Å²) < 4.78 is 17.2. The second kappa shape index (κ2) is 14.1. The molecule has 256 valence electrons. The van der Waals surface area contributed by atoms with Crippen molar-refractivity contribution in [3.8, 4) is 28.4 Å². The van der Waals surface area contributed by atoms with E-state index in [1.165, 1.54) is 6.26 Å². The van der Waals surface area contributed by atoms with Gasteiger partial charge in [-0.3, -0.25) is 14.6 Å². The molecule has 0 radical (unpaired) electrons. The highest BCUT2D eigenvalue weighted by Crippen LogP contribution is 2.42. The summed E-state index contributed by atoms with van der Waals surface area (Å²) in [6.07, 6.45) is 0.634. The van der Waals surface area contributed by atoms with Crippen molar-refractivity contribution in [2.75, 3.05) is 19.7 Å². The Morgan fingerprint density at radius 1 is 0.830 bits per heavy atom. The van der Waals surface area contributed by atoms with E-state index in [2.05, 4.69) is 23.6 Å². The molecule has 0 saturated carbocycles. The second-order valence-corrected chi connectivity index (χ2v) is 13.3. The molecule has 0 spiro atoms. The van der Waals surface area contributed by atoms with E-state index < -0.39 is 42.7 Å². The molecule has 3 saturated heterocycles. The van der Waals surface area contributed by atoms with E-state index in [1.54, 1.807) is 24.3 Å². The number of piperidine rings is 2. The zero-order chi connectivity index (χ0) is 33.4. The summed E-state index contributed by atoms with van der Waals surface area (Å²) in [5.41, 5.74) is 1.24. The van der Waals surface area contributed by atoms with Gasteiger partial charge in [0.05, 0.1) is 23.3 Å². The van der Waals surface area contributed by atoms with Gasteiger partial charge in [0.15, 0.2) is 0 Å². The molecule has 0 bridgehead atoms. The topological polar surface area (TPSA) is 177 Å². The van der Waals surface area contributed by atoms with Crippen molar-refractivity contribution >= 4 is 11.0 Å². The third-order valence-corrected chi connectivity index (χ3v) is 10.2. The maximum absolute atomic E-state index is 14.2. The largest absolute Gasteiger partial charge is 0.507 e. The number of benzene rings is 2. The Morgan fingerprint density at radius 2 is 1.45 bits per heavy atom. The minimum absolute atomic E-state index is 0.0290. The van der Waals surface area contributed by atoms with Gasteiger partial charge in [-0.2, -0.15) is 0 Å².